The number of carbonyl (C=O) groups excluding carboxylic acids is 5. The molecule has 18 nitrogen and oxygen atoms in total. The summed E-state index contributed by atoms with van der Waals surface area (Å²) in [5.41, 5.74) is 0.323. The third-order valence-corrected chi connectivity index (χ3v) is 7.99. The van der Waals surface area contributed by atoms with Gasteiger partial charge in [0.05, 0.1) is 6.26 Å². The number of aliphatic imine (C=N–C) groups is 2. The molecule has 0 spiro atoms. The Balaban J connectivity index is 1.38. The topological polar surface area (TPSA) is 216 Å². The molecule has 0 atom stereocenters. The maximum Gasteiger partial charge on any atom is 0.437 e. The Morgan fingerprint density at radius 1 is 0.650 bits per heavy atom. The summed E-state index contributed by atoms with van der Waals surface area (Å²) in [6.07, 6.45) is 4.78. The lowest BCUT2D eigenvalue weighted by Gasteiger charge is -2.30. The van der Waals surface area contributed by atoms with Crippen molar-refractivity contribution in [1.82, 2.24) is 25.4 Å². The predicted octanol–water partition coefficient (Wildman–Crippen LogP) is 7.74. The number of anilines is 1. The number of nitrogens with one attached hydrogen (secondary N) is 3. The molecule has 2 aromatic heterocycles. The number of hydrogen-bond donors (Lipinski definition) is 3. The average Bonchev–Trinajstić information content (AvgIpc) is 3.59. The molecular weight excluding hydrogens is 777 g/mol. The maximum absolute atomic E-state index is 13.2. The zero-order valence-electron chi connectivity index (χ0n) is 36.6. The number of alkyl carbamates (subject to hydrolysis) is 2. The molecule has 2 aliphatic heterocycles. The van der Waals surface area contributed by atoms with Crippen LogP contribution in [0.3, 0.4) is 0 Å². The Labute approximate surface area is 350 Å². The summed E-state index contributed by atoms with van der Waals surface area (Å²) in [6.45, 7) is 22.1. The van der Waals surface area contributed by atoms with E-state index in [9.17, 15) is 24.0 Å². The smallest absolute Gasteiger partial charge is 0.437 e. The minimum absolute atomic E-state index is 0.00666. The lowest BCUT2D eigenvalue weighted by molar-refractivity contribution is 0.0536. The Morgan fingerprint density at radius 3 is 1.48 bits per heavy atom. The first-order chi connectivity index (χ1) is 27.7. The number of ether oxygens (including phenoxy) is 4. The van der Waals surface area contributed by atoms with Crippen molar-refractivity contribution in [2.24, 2.45) is 9.98 Å². The number of carbonyl (C=O) groups is 5. The van der Waals surface area contributed by atoms with Crippen molar-refractivity contribution in [2.45, 2.75) is 118 Å². The number of hydrogen-bond acceptors (Lipinski definition) is 11. The second-order valence-electron chi connectivity index (χ2n) is 18.0. The standard InChI is InChI=1S/C42H58N8O10/c1-39(2,3)57-35(52)45-33(46-36(53)58-40(4,5)6)49-19-15-26(16-20-49)28-13-14-31(43-24-28)44-32(51)30-23-29(25-56-30)27-17-21-50(22-18-27)34(47-37(54)59-41(7,8)9)48-38(55)60-42(10,11)12/h13-15,17,23-25H,16,18-22H2,1-12H3,(H,43,44,51)(H,45,46,52,53)(H,47,48,54,55). The summed E-state index contributed by atoms with van der Waals surface area (Å²) >= 11 is 0. The molecule has 18 heteroatoms. The van der Waals surface area contributed by atoms with Gasteiger partial charge in [-0.3, -0.25) is 15.4 Å². The highest BCUT2D eigenvalue weighted by molar-refractivity contribution is 6.03. The van der Waals surface area contributed by atoms with Crippen LogP contribution in [0.5, 0.6) is 0 Å². The van der Waals surface area contributed by atoms with Crippen molar-refractivity contribution in [3.63, 3.8) is 0 Å². The maximum atomic E-state index is 13.2. The quantitative estimate of drug-likeness (QED) is 0.153. The van der Waals surface area contributed by atoms with Gasteiger partial charge in [-0.15, -0.1) is 9.98 Å². The summed E-state index contributed by atoms with van der Waals surface area (Å²) in [5.74, 6) is -0.0893. The summed E-state index contributed by atoms with van der Waals surface area (Å²) in [6, 6.07) is 5.16. The van der Waals surface area contributed by atoms with E-state index in [1.165, 1.54) is 6.26 Å². The molecular formula is C42H58N8O10. The Bertz CT molecular complexity index is 2040. The van der Waals surface area contributed by atoms with Crippen LogP contribution in [0.1, 0.15) is 118 Å². The van der Waals surface area contributed by atoms with E-state index in [0.717, 1.165) is 16.7 Å². The van der Waals surface area contributed by atoms with Crippen LogP contribution in [0.15, 0.2) is 57.2 Å². The second kappa shape index (κ2) is 18.8. The van der Waals surface area contributed by atoms with E-state index in [0.29, 0.717) is 43.9 Å². The number of pyridine rings is 1. The van der Waals surface area contributed by atoms with Gasteiger partial charge in [0.1, 0.15) is 28.2 Å². The summed E-state index contributed by atoms with van der Waals surface area (Å²) in [4.78, 5) is 79.4. The summed E-state index contributed by atoms with van der Waals surface area (Å²) in [7, 11) is 0. The number of rotatable bonds is 4. The first-order valence-corrected chi connectivity index (χ1v) is 19.6. The molecule has 2 aliphatic rings. The molecule has 4 rings (SSSR count). The highest BCUT2D eigenvalue weighted by Crippen LogP contribution is 2.26. The van der Waals surface area contributed by atoms with E-state index < -0.39 is 52.7 Å². The molecule has 2 aromatic rings. The van der Waals surface area contributed by atoms with E-state index in [-0.39, 0.29) is 24.2 Å². The molecule has 0 saturated carbocycles. The van der Waals surface area contributed by atoms with Gasteiger partial charge in [-0.2, -0.15) is 0 Å². The van der Waals surface area contributed by atoms with Crippen LogP contribution in [0.25, 0.3) is 11.1 Å². The van der Waals surface area contributed by atoms with E-state index in [1.807, 2.05) is 18.2 Å². The third-order valence-electron chi connectivity index (χ3n) is 7.99. The van der Waals surface area contributed by atoms with Gasteiger partial charge in [-0.1, -0.05) is 12.2 Å². The number of guanidine groups is 2. The van der Waals surface area contributed by atoms with Gasteiger partial charge < -0.3 is 38.5 Å². The van der Waals surface area contributed by atoms with Crippen molar-refractivity contribution in [3.8, 4) is 0 Å². The Morgan fingerprint density at radius 2 is 1.10 bits per heavy atom. The highest BCUT2D eigenvalue weighted by Gasteiger charge is 2.27. The minimum atomic E-state index is -0.857. The van der Waals surface area contributed by atoms with Gasteiger partial charge >= 0.3 is 24.4 Å². The molecule has 0 bridgehead atoms. The van der Waals surface area contributed by atoms with Crippen LogP contribution in [0.4, 0.5) is 25.0 Å². The minimum Gasteiger partial charge on any atom is -0.459 e. The van der Waals surface area contributed by atoms with Crippen LogP contribution in [-0.2, 0) is 18.9 Å². The van der Waals surface area contributed by atoms with E-state index in [2.05, 4.69) is 30.9 Å². The molecule has 0 fully saturated rings. The van der Waals surface area contributed by atoms with Crippen molar-refractivity contribution in [3.05, 3.63) is 59.7 Å². The van der Waals surface area contributed by atoms with Gasteiger partial charge in [0, 0.05) is 37.9 Å². The molecule has 3 N–H and O–H groups in total. The van der Waals surface area contributed by atoms with Crippen molar-refractivity contribution in [2.75, 3.05) is 31.5 Å². The molecule has 0 unspecified atom stereocenters. The predicted molar refractivity (Wildman–Crippen MR) is 225 cm³/mol. The van der Waals surface area contributed by atoms with E-state index in [1.54, 1.807) is 111 Å². The molecule has 4 heterocycles. The normalized spacial score (nSPS) is 15.6. The average molecular weight is 835 g/mol. The van der Waals surface area contributed by atoms with Gasteiger partial charge in [-0.05, 0) is 131 Å². The highest BCUT2D eigenvalue weighted by atomic mass is 16.6. The van der Waals surface area contributed by atoms with Crippen LogP contribution < -0.4 is 16.0 Å². The zero-order chi connectivity index (χ0) is 44.6. The monoisotopic (exact) mass is 834 g/mol. The lowest BCUT2D eigenvalue weighted by Crippen LogP contribution is -2.48. The second-order valence-corrected chi connectivity index (χ2v) is 18.0. The van der Waals surface area contributed by atoms with Crippen LogP contribution in [0, 0.1) is 0 Å². The van der Waals surface area contributed by atoms with Crippen LogP contribution >= 0.6 is 0 Å². The number of furan rings is 1. The Kier molecular flexibility index (Phi) is 14.6. The molecule has 60 heavy (non-hydrogen) atoms. The van der Waals surface area contributed by atoms with Gasteiger partial charge in [0.2, 0.25) is 11.9 Å². The van der Waals surface area contributed by atoms with Crippen molar-refractivity contribution >= 4 is 59.2 Å². The fourth-order valence-corrected chi connectivity index (χ4v) is 5.59. The van der Waals surface area contributed by atoms with Crippen molar-refractivity contribution < 1.29 is 47.3 Å². The molecule has 326 valence electrons. The van der Waals surface area contributed by atoms with Crippen molar-refractivity contribution in [1.29, 1.82) is 0 Å². The zero-order valence-corrected chi connectivity index (χ0v) is 36.6. The van der Waals surface area contributed by atoms with E-state index in [4.69, 9.17) is 23.4 Å². The molecule has 0 radical (unpaired) electrons. The first-order valence-electron chi connectivity index (χ1n) is 19.6. The van der Waals surface area contributed by atoms with E-state index >= 15 is 0 Å². The molecule has 0 aliphatic carbocycles. The largest absolute Gasteiger partial charge is 0.459 e. The van der Waals surface area contributed by atoms with Gasteiger partial charge in [-0.25, -0.2) is 24.2 Å². The Hall–Kier alpha value is -6.20. The lowest BCUT2D eigenvalue weighted by atomic mass is 10.0. The molecule has 0 aromatic carbocycles. The number of amides is 5. The fourth-order valence-electron chi connectivity index (χ4n) is 5.59. The summed E-state index contributed by atoms with van der Waals surface area (Å²) in [5, 5.41) is 7.92. The molecule has 5 amide bonds. The van der Waals surface area contributed by atoms with Gasteiger partial charge in [0.15, 0.2) is 5.76 Å². The van der Waals surface area contributed by atoms with Crippen LogP contribution in [-0.4, -0.2) is 106 Å². The third kappa shape index (κ3) is 15.5. The van der Waals surface area contributed by atoms with Crippen LogP contribution in [0.2, 0.25) is 0 Å². The first kappa shape index (κ1) is 46.5. The fraction of sp³-hybridized carbons (Fsp3) is 0.524. The van der Waals surface area contributed by atoms with Gasteiger partial charge in [0.25, 0.3) is 5.91 Å². The number of aromatic nitrogens is 1. The molecule has 0 saturated heterocycles. The number of nitrogens with zero attached hydrogens (tertiary/aromatic N) is 5. The SMILES string of the molecule is CC(C)(C)OC(=O)/N=C(/NC(=O)OC(C)(C)C)N1CC=C(c2ccc(NC(=O)c3cc(C4=CCN(/C(=N/C(=O)OC(C)(C)C)NC(=O)OC(C)(C)C)CC4)co3)nc2)CC1. The summed E-state index contributed by atoms with van der Waals surface area (Å²) < 4.78 is 27.1.